The van der Waals surface area contributed by atoms with Crippen LogP contribution in [0, 0.1) is 5.41 Å². The lowest BCUT2D eigenvalue weighted by Gasteiger charge is -2.29. The van der Waals surface area contributed by atoms with Gasteiger partial charge in [0.2, 0.25) is 5.82 Å². The maximum atomic E-state index is 12.3. The zero-order chi connectivity index (χ0) is 15.3. The second-order valence-electron chi connectivity index (χ2n) is 6.42. The Bertz CT molecular complexity index is 882. The molecule has 1 aliphatic carbocycles. The first kappa shape index (κ1) is 13.1. The van der Waals surface area contributed by atoms with Crippen molar-refractivity contribution in [2.75, 3.05) is 0 Å². The molecule has 0 unspecified atom stereocenters. The average molecular weight is 293 g/mol. The highest BCUT2D eigenvalue weighted by Gasteiger charge is 2.33. The summed E-state index contributed by atoms with van der Waals surface area (Å²) in [6.07, 6.45) is 4.64. The molecular weight excluding hydrogens is 278 g/mol. The predicted octanol–water partition coefficient (Wildman–Crippen LogP) is 2.34. The number of hydrogen-bond donors (Lipinski definition) is 0. The van der Waals surface area contributed by atoms with Crippen molar-refractivity contribution in [2.45, 2.75) is 26.7 Å². The first-order chi connectivity index (χ1) is 10.5. The highest BCUT2D eigenvalue weighted by atomic mass is 16.1. The van der Waals surface area contributed by atoms with Crippen molar-refractivity contribution in [3.63, 3.8) is 0 Å². The van der Waals surface area contributed by atoms with Crippen LogP contribution in [-0.4, -0.2) is 30.3 Å². The van der Waals surface area contributed by atoms with E-state index in [2.05, 4.69) is 33.9 Å². The third-order valence-corrected chi connectivity index (χ3v) is 3.95. The van der Waals surface area contributed by atoms with E-state index < -0.39 is 0 Å². The standard InChI is InChI=1S/C16H15N5O/c1-16(2)7-12-10(13(22)8-16)9-18-15-19-14(20-21(12)15)11-5-3-4-6-17-11/h3-6,9H,7-8H2,1-2H3. The largest absolute Gasteiger partial charge is 0.294 e. The molecule has 0 aliphatic heterocycles. The van der Waals surface area contributed by atoms with Crippen LogP contribution in [-0.2, 0) is 6.42 Å². The lowest BCUT2D eigenvalue weighted by Crippen LogP contribution is -2.29. The third kappa shape index (κ3) is 1.99. The number of carbonyl (C=O) groups excluding carboxylic acids is 1. The van der Waals surface area contributed by atoms with Gasteiger partial charge in [0.25, 0.3) is 5.78 Å². The fraction of sp³-hybridized carbons (Fsp3) is 0.312. The number of aromatic nitrogens is 5. The molecule has 4 rings (SSSR count). The predicted molar refractivity (Wildman–Crippen MR) is 80.4 cm³/mol. The van der Waals surface area contributed by atoms with Gasteiger partial charge in [0.05, 0.1) is 11.3 Å². The van der Waals surface area contributed by atoms with Crippen molar-refractivity contribution in [1.82, 2.24) is 24.6 Å². The van der Waals surface area contributed by atoms with E-state index in [1.807, 2.05) is 18.2 Å². The Morgan fingerprint density at radius 1 is 1.18 bits per heavy atom. The van der Waals surface area contributed by atoms with Crippen molar-refractivity contribution in [3.05, 3.63) is 41.9 Å². The van der Waals surface area contributed by atoms with Gasteiger partial charge in [-0.15, -0.1) is 5.10 Å². The minimum atomic E-state index is -0.0739. The molecule has 6 heteroatoms. The van der Waals surface area contributed by atoms with Gasteiger partial charge in [0.1, 0.15) is 5.69 Å². The number of ketones is 1. The van der Waals surface area contributed by atoms with Crippen LogP contribution >= 0.6 is 0 Å². The van der Waals surface area contributed by atoms with Crippen LogP contribution in [0.5, 0.6) is 0 Å². The number of fused-ring (bicyclic) bond motifs is 3. The van der Waals surface area contributed by atoms with Gasteiger partial charge in [-0.25, -0.2) is 4.98 Å². The van der Waals surface area contributed by atoms with Crippen LogP contribution < -0.4 is 0 Å². The van der Waals surface area contributed by atoms with E-state index in [1.54, 1.807) is 16.9 Å². The molecule has 0 bridgehead atoms. The first-order valence-electron chi connectivity index (χ1n) is 7.23. The summed E-state index contributed by atoms with van der Waals surface area (Å²) in [4.78, 5) is 25.3. The smallest absolute Gasteiger partial charge is 0.253 e. The number of nitrogens with zero attached hydrogens (tertiary/aromatic N) is 5. The lowest BCUT2D eigenvalue weighted by atomic mass is 9.76. The monoisotopic (exact) mass is 293 g/mol. The van der Waals surface area contributed by atoms with E-state index in [-0.39, 0.29) is 11.2 Å². The topological polar surface area (TPSA) is 73.0 Å². The molecule has 0 radical (unpaired) electrons. The van der Waals surface area contributed by atoms with Gasteiger partial charge in [-0.05, 0) is 24.0 Å². The summed E-state index contributed by atoms with van der Waals surface area (Å²) < 4.78 is 1.69. The number of pyridine rings is 1. The summed E-state index contributed by atoms with van der Waals surface area (Å²) >= 11 is 0. The van der Waals surface area contributed by atoms with Crippen molar-refractivity contribution in [1.29, 1.82) is 0 Å². The Morgan fingerprint density at radius 2 is 2.05 bits per heavy atom. The molecule has 0 fully saturated rings. The van der Waals surface area contributed by atoms with Crippen LogP contribution in [0.1, 0.15) is 36.3 Å². The zero-order valence-electron chi connectivity index (χ0n) is 12.4. The Hall–Kier alpha value is -2.63. The molecule has 1 aliphatic rings. The highest BCUT2D eigenvalue weighted by molar-refractivity contribution is 5.98. The quantitative estimate of drug-likeness (QED) is 0.688. The molecule has 0 amide bonds. The van der Waals surface area contributed by atoms with Crippen molar-refractivity contribution < 1.29 is 4.79 Å². The van der Waals surface area contributed by atoms with Crippen LogP contribution in [0.3, 0.4) is 0 Å². The molecule has 0 aromatic carbocycles. The number of carbonyl (C=O) groups is 1. The van der Waals surface area contributed by atoms with Gasteiger partial charge in [0.15, 0.2) is 5.78 Å². The van der Waals surface area contributed by atoms with E-state index in [9.17, 15) is 4.79 Å². The minimum Gasteiger partial charge on any atom is -0.294 e. The van der Waals surface area contributed by atoms with Crippen molar-refractivity contribution in [3.8, 4) is 11.5 Å². The van der Waals surface area contributed by atoms with Gasteiger partial charge < -0.3 is 0 Å². The van der Waals surface area contributed by atoms with Gasteiger partial charge in [-0.1, -0.05) is 19.9 Å². The summed E-state index contributed by atoms with van der Waals surface area (Å²) in [5.41, 5.74) is 2.17. The van der Waals surface area contributed by atoms with Crippen LogP contribution in [0.4, 0.5) is 0 Å². The van der Waals surface area contributed by atoms with Gasteiger partial charge in [0, 0.05) is 18.8 Å². The minimum absolute atomic E-state index is 0.0739. The van der Waals surface area contributed by atoms with Crippen molar-refractivity contribution >= 4 is 11.6 Å². The van der Waals surface area contributed by atoms with Gasteiger partial charge in [-0.3, -0.25) is 9.78 Å². The maximum Gasteiger partial charge on any atom is 0.253 e. The first-order valence-corrected chi connectivity index (χ1v) is 7.23. The summed E-state index contributed by atoms with van der Waals surface area (Å²) in [5, 5.41) is 4.52. The van der Waals surface area contributed by atoms with E-state index in [1.165, 1.54) is 0 Å². The normalized spacial score (nSPS) is 16.7. The van der Waals surface area contributed by atoms with Crippen LogP contribution in [0.15, 0.2) is 30.6 Å². The number of rotatable bonds is 1. The summed E-state index contributed by atoms with van der Waals surface area (Å²) in [6, 6.07) is 5.60. The Kier molecular flexibility index (Phi) is 2.63. The molecule has 0 saturated carbocycles. The molecule has 3 aromatic heterocycles. The van der Waals surface area contributed by atoms with E-state index in [0.29, 0.717) is 29.3 Å². The van der Waals surface area contributed by atoms with E-state index >= 15 is 0 Å². The molecule has 3 heterocycles. The molecular formula is C16H15N5O. The summed E-state index contributed by atoms with van der Waals surface area (Å²) in [6.45, 7) is 4.19. The molecule has 0 spiro atoms. The fourth-order valence-corrected chi connectivity index (χ4v) is 2.93. The molecule has 3 aromatic rings. The number of hydrogen-bond acceptors (Lipinski definition) is 5. The zero-order valence-corrected chi connectivity index (χ0v) is 12.4. The number of Topliss-reactive ketones (excluding diaryl/α,β-unsaturated/α-hetero) is 1. The molecule has 0 N–H and O–H groups in total. The average Bonchev–Trinajstić information content (AvgIpc) is 2.91. The van der Waals surface area contributed by atoms with Gasteiger partial charge in [-0.2, -0.15) is 9.50 Å². The third-order valence-electron chi connectivity index (χ3n) is 3.95. The molecule has 0 atom stereocenters. The van der Waals surface area contributed by atoms with Gasteiger partial charge >= 0.3 is 0 Å². The second kappa shape index (κ2) is 4.43. The lowest BCUT2D eigenvalue weighted by molar-refractivity contribution is 0.0908. The maximum absolute atomic E-state index is 12.3. The second-order valence-corrected chi connectivity index (χ2v) is 6.42. The molecule has 6 nitrogen and oxygen atoms in total. The Balaban J connectivity index is 1.93. The molecule has 0 saturated heterocycles. The van der Waals surface area contributed by atoms with Crippen LogP contribution in [0.2, 0.25) is 0 Å². The summed E-state index contributed by atoms with van der Waals surface area (Å²) in [5.74, 6) is 1.15. The molecule has 22 heavy (non-hydrogen) atoms. The van der Waals surface area contributed by atoms with Crippen molar-refractivity contribution in [2.24, 2.45) is 5.41 Å². The highest BCUT2D eigenvalue weighted by Crippen LogP contribution is 2.34. The Morgan fingerprint density at radius 3 is 2.82 bits per heavy atom. The van der Waals surface area contributed by atoms with E-state index in [0.717, 1.165) is 12.1 Å². The fourth-order valence-electron chi connectivity index (χ4n) is 2.93. The van der Waals surface area contributed by atoms with Crippen LogP contribution in [0.25, 0.3) is 17.3 Å². The van der Waals surface area contributed by atoms with E-state index in [4.69, 9.17) is 0 Å². The Labute approximate surface area is 127 Å². The summed E-state index contributed by atoms with van der Waals surface area (Å²) in [7, 11) is 0. The SMILES string of the molecule is CC1(C)CC(=O)c2cnc3nc(-c4ccccn4)nn3c2C1. The molecule has 110 valence electrons.